The molecule has 1 saturated heterocycles. The standard InChI is InChI=1S/C14H22N4O3/c1-9(2)18(8-10-3-5-15-6-4-10)13(20)11-7-12(19)17-14(21)16-11/h7,9-10,15H,3-6,8H2,1-2H3,(H2,16,17,19,21). The van der Waals surface area contributed by atoms with E-state index >= 15 is 0 Å². The molecule has 116 valence electrons. The monoisotopic (exact) mass is 294 g/mol. The molecule has 2 rings (SSSR count). The molecule has 1 aliphatic rings. The smallest absolute Gasteiger partial charge is 0.326 e. The molecule has 0 saturated carbocycles. The van der Waals surface area contributed by atoms with Gasteiger partial charge >= 0.3 is 5.69 Å². The Morgan fingerprint density at radius 1 is 1.29 bits per heavy atom. The lowest BCUT2D eigenvalue weighted by Crippen LogP contribution is -2.44. The van der Waals surface area contributed by atoms with Crippen molar-refractivity contribution in [3.8, 4) is 0 Å². The fraction of sp³-hybridized carbons (Fsp3) is 0.643. The van der Waals surface area contributed by atoms with Gasteiger partial charge in [-0.2, -0.15) is 0 Å². The van der Waals surface area contributed by atoms with Crippen molar-refractivity contribution in [1.82, 2.24) is 20.2 Å². The van der Waals surface area contributed by atoms with Crippen LogP contribution in [0.15, 0.2) is 15.7 Å². The van der Waals surface area contributed by atoms with Gasteiger partial charge in [0.25, 0.3) is 11.5 Å². The molecule has 21 heavy (non-hydrogen) atoms. The molecular weight excluding hydrogens is 272 g/mol. The number of hydrogen-bond acceptors (Lipinski definition) is 4. The van der Waals surface area contributed by atoms with Crippen LogP contribution < -0.4 is 16.6 Å². The van der Waals surface area contributed by atoms with E-state index in [1.165, 1.54) is 0 Å². The predicted octanol–water partition coefficient (Wildman–Crippen LogP) is -0.0866. The first-order valence-corrected chi connectivity index (χ1v) is 7.32. The van der Waals surface area contributed by atoms with Crippen LogP contribution in [-0.4, -0.2) is 46.5 Å². The third-order valence-corrected chi connectivity index (χ3v) is 3.79. The highest BCUT2D eigenvalue weighted by Crippen LogP contribution is 2.16. The Morgan fingerprint density at radius 2 is 1.95 bits per heavy atom. The van der Waals surface area contributed by atoms with Crippen molar-refractivity contribution in [3.05, 3.63) is 32.6 Å². The number of rotatable bonds is 4. The average molecular weight is 294 g/mol. The Labute approximate surface area is 122 Å². The number of nitrogens with one attached hydrogen (secondary N) is 3. The number of carbonyl (C=O) groups excluding carboxylic acids is 1. The van der Waals surface area contributed by atoms with Crippen molar-refractivity contribution in [3.63, 3.8) is 0 Å². The normalized spacial score (nSPS) is 16.1. The van der Waals surface area contributed by atoms with Gasteiger partial charge < -0.3 is 15.2 Å². The van der Waals surface area contributed by atoms with E-state index in [1.807, 2.05) is 13.8 Å². The number of nitrogens with zero attached hydrogens (tertiary/aromatic N) is 1. The molecule has 1 aliphatic heterocycles. The molecule has 7 heteroatoms. The van der Waals surface area contributed by atoms with Crippen LogP contribution >= 0.6 is 0 Å². The molecule has 0 unspecified atom stereocenters. The van der Waals surface area contributed by atoms with Gasteiger partial charge in [0.1, 0.15) is 5.69 Å². The molecule has 1 amide bonds. The fourth-order valence-electron chi connectivity index (χ4n) is 2.61. The first-order valence-electron chi connectivity index (χ1n) is 7.32. The molecule has 0 atom stereocenters. The summed E-state index contributed by atoms with van der Waals surface area (Å²) in [6.07, 6.45) is 2.06. The summed E-state index contributed by atoms with van der Waals surface area (Å²) < 4.78 is 0. The maximum atomic E-state index is 12.6. The van der Waals surface area contributed by atoms with Gasteiger partial charge in [-0.05, 0) is 45.7 Å². The summed E-state index contributed by atoms with van der Waals surface area (Å²) in [5, 5.41) is 3.30. The van der Waals surface area contributed by atoms with Crippen molar-refractivity contribution in [2.75, 3.05) is 19.6 Å². The van der Waals surface area contributed by atoms with Gasteiger partial charge in [-0.15, -0.1) is 0 Å². The zero-order valence-corrected chi connectivity index (χ0v) is 12.4. The summed E-state index contributed by atoms with van der Waals surface area (Å²) in [6, 6.07) is 1.15. The Bertz CT molecular complexity index is 570. The van der Waals surface area contributed by atoms with Gasteiger partial charge in [0.15, 0.2) is 0 Å². The fourth-order valence-corrected chi connectivity index (χ4v) is 2.61. The molecule has 1 aromatic rings. The maximum absolute atomic E-state index is 12.6. The highest BCUT2D eigenvalue weighted by atomic mass is 16.2. The zero-order valence-electron chi connectivity index (χ0n) is 12.4. The molecule has 1 fully saturated rings. The van der Waals surface area contributed by atoms with Crippen LogP contribution in [0.3, 0.4) is 0 Å². The summed E-state index contributed by atoms with van der Waals surface area (Å²) in [5.41, 5.74) is -1.17. The van der Waals surface area contributed by atoms with Crippen molar-refractivity contribution in [1.29, 1.82) is 0 Å². The van der Waals surface area contributed by atoms with Crippen molar-refractivity contribution >= 4 is 5.91 Å². The number of hydrogen-bond donors (Lipinski definition) is 3. The Hall–Kier alpha value is -1.89. The van der Waals surface area contributed by atoms with Crippen LogP contribution in [0.5, 0.6) is 0 Å². The lowest BCUT2D eigenvalue weighted by molar-refractivity contribution is 0.0651. The van der Waals surface area contributed by atoms with Crippen molar-refractivity contribution in [2.45, 2.75) is 32.7 Å². The number of H-pyrrole nitrogens is 2. The van der Waals surface area contributed by atoms with Crippen LogP contribution in [0.1, 0.15) is 37.2 Å². The molecule has 7 nitrogen and oxygen atoms in total. The lowest BCUT2D eigenvalue weighted by atomic mass is 9.97. The first-order chi connectivity index (χ1) is 9.97. The van der Waals surface area contributed by atoms with E-state index < -0.39 is 11.2 Å². The molecular formula is C14H22N4O3. The van der Waals surface area contributed by atoms with E-state index in [1.54, 1.807) is 4.90 Å². The SMILES string of the molecule is CC(C)N(CC1CCNCC1)C(=O)c1cc(=O)[nH]c(=O)[nH]1. The highest BCUT2D eigenvalue weighted by molar-refractivity contribution is 5.92. The second-order valence-electron chi connectivity index (χ2n) is 5.75. The van der Waals surface area contributed by atoms with Gasteiger partial charge in [0, 0.05) is 18.7 Å². The van der Waals surface area contributed by atoms with E-state index in [2.05, 4.69) is 15.3 Å². The molecule has 0 spiro atoms. The molecule has 0 aliphatic carbocycles. The highest BCUT2D eigenvalue weighted by Gasteiger charge is 2.24. The molecule has 0 aromatic carbocycles. The minimum absolute atomic E-state index is 0.00942. The molecule has 1 aromatic heterocycles. The van der Waals surface area contributed by atoms with Crippen LogP contribution in [0.2, 0.25) is 0 Å². The Morgan fingerprint density at radius 3 is 2.52 bits per heavy atom. The van der Waals surface area contributed by atoms with E-state index in [0.717, 1.165) is 32.0 Å². The summed E-state index contributed by atoms with van der Waals surface area (Å²) in [7, 11) is 0. The Balaban J connectivity index is 2.18. The zero-order chi connectivity index (χ0) is 15.4. The summed E-state index contributed by atoms with van der Waals surface area (Å²) >= 11 is 0. The molecule has 0 bridgehead atoms. The minimum atomic E-state index is -0.656. The maximum Gasteiger partial charge on any atom is 0.326 e. The largest absolute Gasteiger partial charge is 0.335 e. The number of aromatic nitrogens is 2. The summed E-state index contributed by atoms with van der Waals surface area (Å²) in [6.45, 7) is 6.45. The molecule has 0 radical (unpaired) electrons. The van der Waals surface area contributed by atoms with Gasteiger partial charge in [0.05, 0.1) is 0 Å². The van der Waals surface area contributed by atoms with Crippen molar-refractivity contribution < 1.29 is 4.79 Å². The topological polar surface area (TPSA) is 98.1 Å². The van der Waals surface area contributed by atoms with E-state index in [-0.39, 0.29) is 17.6 Å². The Kier molecular flexibility index (Phi) is 4.95. The van der Waals surface area contributed by atoms with E-state index in [4.69, 9.17) is 0 Å². The second kappa shape index (κ2) is 6.71. The van der Waals surface area contributed by atoms with Gasteiger partial charge in [-0.25, -0.2) is 4.79 Å². The summed E-state index contributed by atoms with van der Waals surface area (Å²) in [5.74, 6) is 0.151. The molecule has 3 N–H and O–H groups in total. The lowest BCUT2D eigenvalue weighted by Gasteiger charge is -2.32. The van der Waals surface area contributed by atoms with Crippen LogP contribution in [0, 0.1) is 5.92 Å². The van der Waals surface area contributed by atoms with Gasteiger partial charge in [-0.1, -0.05) is 0 Å². The number of carbonyl (C=O) groups is 1. The quantitative estimate of drug-likeness (QED) is 0.723. The number of amides is 1. The van der Waals surface area contributed by atoms with E-state index in [0.29, 0.717) is 12.5 Å². The summed E-state index contributed by atoms with van der Waals surface area (Å²) in [4.78, 5) is 41.4. The van der Waals surface area contributed by atoms with Crippen LogP contribution in [-0.2, 0) is 0 Å². The third-order valence-electron chi connectivity index (χ3n) is 3.79. The number of piperidine rings is 1. The van der Waals surface area contributed by atoms with Crippen molar-refractivity contribution in [2.24, 2.45) is 5.92 Å². The minimum Gasteiger partial charge on any atom is -0.335 e. The first kappa shape index (κ1) is 15.5. The van der Waals surface area contributed by atoms with Crippen LogP contribution in [0.25, 0.3) is 0 Å². The molecule has 2 heterocycles. The number of aromatic amines is 2. The predicted molar refractivity (Wildman–Crippen MR) is 79.4 cm³/mol. The average Bonchev–Trinajstić information content (AvgIpc) is 2.44. The third kappa shape index (κ3) is 4.04. The van der Waals surface area contributed by atoms with E-state index in [9.17, 15) is 14.4 Å². The van der Waals surface area contributed by atoms with Crippen LogP contribution in [0.4, 0.5) is 0 Å². The van der Waals surface area contributed by atoms with Gasteiger partial charge in [0.2, 0.25) is 0 Å². The second-order valence-corrected chi connectivity index (χ2v) is 5.75. The van der Waals surface area contributed by atoms with Gasteiger partial charge in [-0.3, -0.25) is 14.6 Å².